The Bertz CT molecular complexity index is 1120. The fraction of sp³-hybridized carbons (Fsp3) is 0.364. The molecule has 1 amide bonds. The second-order valence-electron chi connectivity index (χ2n) is 7.70. The molecule has 8 nitrogen and oxygen atoms in total. The van der Waals surface area contributed by atoms with Crippen LogP contribution in [-0.4, -0.2) is 56.5 Å². The molecule has 0 saturated carbocycles. The molecule has 0 aliphatic carbocycles. The highest BCUT2D eigenvalue weighted by Crippen LogP contribution is 2.28. The van der Waals surface area contributed by atoms with Gasteiger partial charge in [-0.05, 0) is 49.7 Å². The lowest BCUT2D eigenvalue weighted by Crippen LogP contribution is -2.48. The van der Waals surface area contributed by atoms with E-state index in [4.69, 9.17) is 21.1 Å². The lowest BCUT2D eigenvalue weighted by molar-refractivity contribution is -0.124. The number of carbonyl (C=O) groups excluding carboxylic acids is 2. The van der Waals surface area contributed by atoms with Gasteiger partial charge in [0.25, 0.3) is 5.91 Å². The minimum Gasteiger partial charge on any atom is -0.452 e. The Morgan fingerprint density at radius 2 is 1.79 bits per heavy atom. The van der Waals surface area contributed by atoms with E-state index in [0.29, 0.717) is 5.56 Å². The molecule has 1 fully saturated rings. The summed E-state index contributed by atoms with van der Waals surface area (Å²) in [6, 6.07) is 9.34. The van der Waals surface area contributed by atoms with E-state index in [1.54, 1.807) is 13.8 Å². The summed E-state index contributed by atoms with van der Waals surface area (Å²) in [4.78, 5) is 24.2. The molecule has 2 atom stereocenters. The number of hydrogen-bond acceptors (Lipinski definition) is 6. The molecule has 1 aliphatic rings. The number of hydrogen-bond donors (Lipinski definition) is 1. The van der Waals surface area contributed by atoms with Crippen molar-refractivity contribution >= 4 is 33.5 Å². The first-order valence-electron chi connectivity index (χ1n) is 10.2. The Balaban J connectivity index is 1.63. The molecule has 1 aliphatic heterocycles. The fourth-order valence-corrected chi connectivity index (χ4v) is 5.45. The SMILES string of the molecule is CC1CN(S(=O)(=O)c2cc(C(=O)OCC(=O)NCc3ccc(F)cc3)ccc2Cl)CC(C)O1. The molecular weight excluding hydrogens is 475 g/mol. The van der Waals surface area contributed by atoms with Gasteiger partial charge in [-0.3, -0.25) is 4.79 Å². The van der Waals surface area contributed by atoms with Gasteiger partial charge in [0, 0.05) is 19.6 Å². The molecule has 1 heterocycles. The van der Waals surface area contributed by atoms with Crippen LogP contribution in [0.25, 0.3) is 0 Å². The van der Waals surface area contributed by atoms with Crippen molar-refractivity contribution in [3.63, 3.8) is 0 Å². The van der Waals surface area contributed by atoms with Crippen LogP contribution in [0.1, 0.15) is 29.8 Å². The number of nitrogens with one attached hydrogen (secondary N) is 1. The largest absolute Gasteiger partial charge is 0.452 e. The Morgan fingerprint density at radius 1 is 1.15 bits per heavy atom. The third kappa shape index (κ3) is 6.50. The van der Waals surface area contributed by atoms with Crippen molar-refractivity contribution in [2.75, 3.05) is 19.7 Å². The third-order valence-corrected chi connectivity index (χ3v) is 7.22. The Kier molecular flexibility index (Phi) is 8.06. The molecule has 0 aromatic heterocycles. The number of morpholine rings is 1. The number of sulfonamides is 1. The quantitative estimate of drug-likeness (QED) is 0.589. The third-order valence-electron chi connectivity index (χ3n) is 4.91. The standard InChI is InChI=1S/C22H24ClFN2O6S/c1-14-11-26(12-15(2)32-14)33(29,30)20-9-17(5-8-19(20)23)22(28)31-13-21(27)25-10-16-3-6-18(24)7-4-16/h3-9,14-15H,10-13H2,1-2H3,(H,25,27). The van der Waals surface area contributed by atoms with Crippen LogP contribution < -0.4 is 5.32 Å². The highest BCUT2D eigenvalue weighted by Gasteiger charge is 2.34. The lowest BCUT2D eigenvalue weighted by Gasteiger charge is -2.34. The van der Waals surface area contributed by atoms with Crippen LogP contribution >= 0.6 is 11.6 Å². The average molecular weight is 499 g/mol. The number of esters is 1. The van der Waals surface area contributed by atoms with Crippen molar-refractivity contribution in [2.45, 2.75) is 37.5 Å². The second kappa shape index (κ2) is 10.6. The van der Waals surface area contributed by atoms with Gasteiger partial charge in [-0.15, -0.1) is 0 Å². The summed E-state index contributed by atoms with van der Waals surface area (Å²) in [7, 11) is -3.98. The molecule has 2 unspecified atom stereocenters. The first kappa shape index (κ1) is 25.1. The molecule has 1 saturated heterocycles. The Labute approximate surface area is 196 Å². The highest BCUT2D eigenvalue weighted by molar-refractivity contribution is 7.89. The normalized spacial score (nSPS) is 19.2. The van der Waals surface area contributed by atoms with Gasteiger partial charge in [0.15, 0.2) is 6.61 Å². The van der Waals surface area contributed by atoms with Gasteiger partial charge in [-0.2, -0.15) is 4.31 Å². The van der Waals surface area contributed by atoms with Gasteiger partial charge in [-0.1, -0.05) is 23.7 Å². The minimum atomic E-state index is -3.98. The number of halogens is 2. The maximum absolute atomic E-state index is 13.1. The summed E-state index contributed by atoms with van der Waals surface area (Å²) in [5.74, 6) is -1.82. The summed E-state index contributed by atoms with van der Waals surface area (Å²) in [5.41, 5.74) is 0.619. The smallest absolute Gasteiger partial charge is 0.338 e. The summed E-state index contributed by atoms with van der Waals surface area (Å²) >= 11 is 6.14. The monoisotopic (exact) mass is 498 g/mol. The van der Waals surface area contributed by atoms with Gasteiger partial charge in [-0.25, -0.2) is 17.6 Å². The summed E-state index contributed by atoms with van der Waals surface area (Å²) in [6.45, 7) is 3.43. The molecule has 0 bridgehead atoms. The second-order valence-corrected chi connectivity index (χ2v) is 10.0. The van der Waals surface area contributed by atoms with E-state index < -0.39 is 28.5 Å². The molecule has 0 spiro atoms. The van der Waals surface area contributed by atoms with E-state index in [1.165, 1.54) is 40.7 Å². The van der Waals surface area contributed by atoms with E-state index in [9.17, 15) is 22.4 Å². The fourth-order valence-electron chi connectivity index (χ4n) is 3.36. The van der Waals surface area contributed by atoms with E-state index in [-0.39, 0.29) is 53.1 Å². The van der Waals surface area contributed by atoms with Crippen LogP contribution in [-0.2, 0) is 30.8 Å². The van der Waals surface area contributed by atoms with Crippen LogP contribution in [0, 0.1) is 5.82 Å². The van der Waals surface area contributed by atoms with Crippen molar-refractivity contribution < 1.29 is 31.9 Å². The van der Waals surface area contributed by atoms with E-state index >= 15 is 0 Å². The van der Waals surface area contributed by atoms with Crippen LogP contribution in [0.15, 0.2) is 47.4 Å². The topological polar surface area (TPSA) is 102 Å². The molecule has 1 N–H and O–H groups in total. The van der Waals surface area contributed by atoms with Gasteiger partial charge in [0.2, 0.25) is 10.0 Å². The molecule has 178 valence electrons. The molecule has 2 aromatic rings. The molecular formula is C22H24ClFN2O6S. The molecule has 2 aromatic carbocycles. The lowest BCUT2D eigenvalue weighted by atomic mass is 10.2. The number of amides is 1. The number of ether oxygens (including phenoxy) is 2. The maximum Gasteiger partial charge on any atom is 0.338 e. The summed E-state index contributed by atoms with van der Waals surface area (Å²) in [6.07, 6.45) is -0.576. The number of carbonyl (C=O) groups is 2. The number of rotatable bonds is 7. The zero-order valence-electron chi connectivity index (χ0n) is 18.1. The zero-order chi connectivity index (χ0) is 24.2. The van der Waals surface area contributed by atoms with Gasteiger partial charge < -0.3 is 14.8 Å². The number of nitrogens with zero attached hydrogens (tertiary/aromatic N) is 1. The average Bonchev–Trinajstić information content (AvgIpc) is 2.76. The molecule has 11 heteroatoms. The van der Waals surface area contributed by atoms with Crippen molar-refractivity contribution in [1.29, 1.82) is 0 Å². The Hall–Kier alpha value is -2.53. The Morgan fingerprint density at radius 3 is 2.42 bits per heavy atom. The molecule has 33 heavy (non-hydrogen) atoms. The summed E-state index contributed by atoms with van der Waals surface area (Å²) in [5, 5.41) is 2.52. The molecule has 0 radical (unpaired) electrons. The van der Waals surface area contributed by atoms with E-state index in [1.807, 2.05) is 0 Å². The van der Waals surface area contributed by atoms with Crippen molar-refractivity contribution in [3.8, 4) is 0 Å². The minimum absolute atomic E-state index is 0.0320. The van der Waals surface area contributed by atoms with Gasteiger partial charge in [0.05, 0.1) is 22.8 Å². The van der Waals surface area contributed by atoms with E-state index in [2.05, 4.69) is 5.32 Å². The predicted molar refractivity (Wildman–Crippen MR) is 119 cm³/mol. The van der Waals surface area contributed by atoms with Crippen molar-refractivity contribution in [2.24, 2.45) is 0 Å². The van der Waals surface area contributed by atoms with Crippen LogP contribution in [0.5, 0.6) is 0 Å². The highest BCUT2D eigenvalue weighted by atomic mass is 35.5. The molecule has 3 rings (SSSR count). The van der Waals surface area contributed by atoms with Crippen molar-refractivity contribution in [1.82, 2.24) is 9.62 Å². The number of benzene rings is 2. The zero-order valence-corrected chi connectivity index (χ0v) is 19.7. The van der Waals surface area contributed by atoms with Crippen LogP contribution in [0.2, 0.25) is 5.02 Å². The van der Waals surface area contributed by atoms with Gasteiger partial charge >= 0.3 is 5.97 Å². The predicted octanol–water partition coefficient (Wildman–Crippen LogP) is 2.75. The van der Waals surface area contributed by atoms with Gasteiger partial charge in [0.1, 0.15) is 10.7 Å². The van der Waals surface area contributed by atoms with Crippen LogP contribution in [0.4, 0.5) is 4.39 Å². The first-order chi connectivity index (χ1) is 15.6. The maximum atomic E-state index is 13.1. The van der Waals surface area contributed by atoms with Crippen molar-refractivity contribution in [3.05, 3.63) is 64.4 Å². The first-order valence-corrected chi connectivity index (χ1v) is 12.0. The van der Waals surface area contributed by atoms with E-state index in [0.717, 1.165) is 6.07 Å². The summed E-state index contributed by atoms with van der Waals surface area (Å²) < 4.78 is 51.0. The van der Waals surface area contributed by atoms with Crippen LogP contribution in [0.3, 0.4) is 0 Å².